The van der Waals surface area contributed by atoms with Crippen molar-refractivity contribution in [1.29, 1.82) is 0 Å². The van der Waals surface area contributed by atoms with Crippen LogP contribution in [-0.4, -0.2) is 35.0 Å². The maximum Gasteiger partial charge on any atom is 0.250 e. The highest BCUT2D eigenvalue weighted by Gasteiger charge is 2.12. The predicted octanol–water partition coefficient (Wildman–Crippen LogP) is 5.23. The molecule has 7 nitrogen and oxygen atoms in total. The van der Waals surface area contributed by atoms with Gasteiger partial charge in [0.25, 0.3) is 5.91 Å². The van der Waals surface area contributed by atoms with Crippen LogP contribution in [0.15, 0.2) is 52.7 Å². The van der Waals surface area contributed by atoms with E-state index >= 15 is 0 Å². The predicted molar refractivity (Wildman–Crippen MR) is 132 cm³/mol. The van der Waals surface area contributed by atoms with Gasteiger partial charge in [-0.15, -0.1) is 0 Å². The Morgan fingerprint density at radius 1 is 1.12 bits per heavy atom. The lowest BCUT2D eigenvalue weighted by atomic mass is 10.2. The molecule has 2 aromatic carbocycles. The normalized spacial score (nSPS) is 10.9. The van der Waals surface area contributed by atoms with Crippen molar-refractivity contribution in [1.82, 2.24) is 15.4 Å². The number of carbonyl (C=O) groups is 1. The first-order chi connectivity index (χ1) is 15.8. The summed E-state index contributed by atoms with van der Waals surface area (Å²) in [6, 6.07) is 12.6. The lowest BCUT2D eigenvalue weighted by Gasteiger charge is -2.13. The first-order valence-electron chi connectivity index (χ1n) is 9.86. The molecule has 0 fully saturated rings. The van der Waals surface area contributed by atoms with Gasteiger partial charge in [-0.3, -0.25) is 4.79 Å². The number of nitrogens with one attached hydrogen (secondary N) is 1. The van der Waals surface area contributed by atoms with Gasteiger partial charge in [0.15, 0.2) is 16.7 Å². The molecule has 0 radical (unpaired) electrons. The Morgan fingerprint density at radius 3 is 2.48 bits per heavy atom. The van der Waals surface area contributed by atoms with Crippen molar-refractivity contribution in [2.75, 3.05) is 12.9 Å². The zero-order valence-electron chi connectivity index (χ0n) is 18.3. The van der Waals surface area contributed by atoms with Crippen molar-refractivity contribution in [3.63, 3.8) is 0 Å². The molecule has 0 aliphatic carbocycles. The smallest absolute Gasteiger partial charge is 0.250 e. The van der Waals surface area contributed by atoms with Gasteiger partial charge in [-0.1, -0.05) is 47.1 Å². The molecular weight excluding hydrogens is 483 g/mol. The van der Waals surface area contributed by atoms with Crippen LogP contribution in [-0.2, 0) is 11.4 Å². The highest BCUT2D eigenvalue weighted by atomic mass is 35.5. The van der Waals surface area contributed by atoms with Crippen molar-refractivity contribution in [2.24, 2.45) is 5.10 Å². The molecule has 3 aromatic rings. The number of carbonyl (C=O) groups excluding carboxylic acids is 1. The van der Waals surface area contributed by atoms with Crippen LogP contribution in [0.3, 0.4) is 0 Å². The maximum atomic E-state index is 12.1. The second-order valence-corrected chi connectivity index (χ2v) is 8.75. The van der Waals surface area contributed by atoms with Gasteiger partial charge in [0.1, 0.15) is 6.61 Å². The highest BCUT2D eigenvalue weighted by molar-refractivity contribution is 7.99. The third-order valence-electron chi connectivity index (χ3n) is 4.25. The summed E-state index contributed by atoms with van der Waals surface area (Å²) in [4.78, 5) is 20.7. The fraction of sp³-hybridized carbons (Fsp3) is 0.217. The molecule has 172 valence electrons. The molecule has 3 rings (SSSR count). The number of amides is 1. The Morgan fingerprint density at radius 2 is 1.82 bits per heavy atom. The van der Waals surface area contributed by atoms with E-state index in [0.29, 0.717) is 38.9 Å². The van der Waals surface area contributed by atoms with Crippen molar-refractivity contribution in [2.45, 2.75) is 25.6 Å². The summed E-state index contributed by atoms with van der Waals surface area (Å²) < 4.78 is 11.3. The fourth-order valence-electron chi connectivity index (χ4n) is 2.79. The second-order valence-electron chi connectivity index (χ2n) is 6.96. The quantitative estimate of drug-likeness (QED) is 0.186. The Kier molecular flexibility index (Phi) is 8.94. The average Bonchev–Trinajstić information content (AvgIpc) is 2.77. The van der Waals surface area contributed by atoms with Crippen LogP contribution >= 0.6 is 35.0 Å². The minimum absolute atomic E-state index is 0.141. The highest BCUT2D eigenvalue weighted by Crippen LogP contribution is 2.36. The molecule has 33 heavy (non-hydrogen) atoms. The van der Waals surface area contributed by atoms with Crippen LogP contribution in [0, 0.1) is 13.8 Å². The fourth-order valence-corrected chi connectivity index (χ4v) is 3.93. The van der Waals surface area contributed by atoms with Crippen LogP contribution in [0.1, 0.15) is 22.5 Å². The summed E-state index contributed by atoms with van der Waals surface area (Å²) in [6.45, 7) is 4.08. The van der Waals surface area contributed by atoms with E-state index in [4.69, 9.17) is 32.7 Å². The van der Waals surface area contributed by atoms with E-state index in [1.807, 2.05) is 32.0 Å². The van der Waals surface area contributed by atoms with E-state index in [2.05, 4.69) is 20.5 Å². The van der Waals surface area contributed by atoms with Gasteiger partial charge in [0.05, 0.1) is 24.1 Å². The van der Waals surface area contributed by atoms with Crippen LogP contribution < -0.4 is 14.9 Å². The number of benzene rings is 2. The van der Waals surface area contributed by atoms with Gasteiger partial charge < -0.3 is 9.47 Å². The molecule has 0 saturated heterocycles. The van der Waals surface area contributed by atoms with Gasteiger partial charge in [0, 0.05) is 16.4 Å². The number of halogens is 2. The second kappa shape index (κ2) is 11.9. The number of nitrogens with zero attached hydrogens (tertiary/aromatic N) is 3. The average molecular weight is 505 g/mol. The van der Waals surface area contributed by atoms with Crippen molar-refractivity contribution < 1.29 is 14.3 Å². The number of methoxy groups -OCH3 is 1. The molecule has 0 spiro atoms. The minimum atomic E-state index is -0.278. The molecule has 0 aliphatic heterocycles. The summed E-state index contributed by atoms with van der Waals surface area (Å²) in [6.07, 6.45) is 1.48. The lowest BCUT2D eigenvalue weighted by Crippen LogP contribution is -2.19. The standard InChI is InChI=1S/C23H22Cl2N4O3S/c1-14-8-15(2)28-23(27-14)33-13-21(30)29-26-11-17-9-19(25)22(20(10-17)31-3)32-12-16-4-6-18(24)7-5-16/h4-11H,12-13H2,1-3H3,(H,29,30)/b26-11-. The number of aryl methyl sites for hydroxylation is 2. The van der Waals surface area contributed by atoms with E-state index in [1.54, 1.807) is 24.3 Å². The molecule has 1 heterocycles. The van der Waals surface area contributed by atoms with Crippen LogP contribution in [0.25, 0.3) is 0 Å². The van der Waals surface area contributed by atoms with Gasteiger partial charge in [-0.25, -0.2) is 15.4 Å². The van der Waals surface area contributed by atoms with E-state index in [0.717, 1.165) is 17.0 Å². The SMILES string of the molecule is COc1cc(/C=N\NC(=O)CSc2nc(C)cc(C)n2)cc(Cl)c1OCc1ccc(Cl)cc1. The Hall–Kier alpha value is -2.81. The molecule has 1 aromatic heterocycles. The number of aromatic nitrogens is 2. The molecule has 0 bridgehead atoms. The molecule has 10 heteroatoms. The number of thioether (sulfide) groups is 1. The van der Waals surface area contributed by atoms with Crippen molar-refractivity contribution in [3.05, 3.63) is 75.0 Å². The maximum absolute atomic E-state index is 12.1. The summed E-state index contributed by atoms with van der Waals surface area (Å²) in [5.74, 6) is 0.730. The van der Waals surface area contributed by atoms with E-state index in [9.17, 15) is 4.79 Å². The van der Waals surface area contributed by atoms with E-state index in [1.165, 1.54) is 25.1 Å². The number of ether oxygens (including phenoxy) is 2. The van der Waals surface area contributed by atoms with E-state index < -0.39 is 0 Å². The first-order valence-corrected chi connectivity index (χ1v) is 11.6. The summed E-state index contributed by atoms with van der Waals surface area (Å²) in [5, 5.41) is 5.56. The van der Waals surface area contributed by atoms with Gasteiger partial charge >= 0.3 is 0 Å². The van der Waals surface area contributed by atoms with Crippen LogP contribution in [0.4, 0.5) is 0 Å². The molecule has 1 amide bonds. The molecule has 0 aliphatic rings. The number of hydrazone groups is 1. The molecule has 0 atom stereocenters. The number of hydrogen-bond donors (Lipinski definition) is 1. The molecular formula is C23H22Cl2N4O3S. The van der Waals surface area contributed by atoms with Gasteiger partial charge in [-0.2, -0.15) is 5.10 Å². The third kappa shape index (κ3) is 7.63. The topological polar surface area (TPSA) is 85.7 Å². The van der Waals surface area contributed by atoms with Crippen molar-refractivity contribution in [3.8, 4) is 11.5 Å². The molecule has 1 N–H and O–H groups in total. The van der Waals surface area contributed by atoms with Gasteiger partial charge in [-0.05, 0) is 55.3 Å². The number of rotatable bonds is 9. The van der Waals surface area contributed by atoms with Crippen LogP contribution in [0.5, 0.6) is 11.5 Å². The monoisotopic (exact) mass is 504 g/mol. The minimum Gasteiger partial charge on any atom is -0.493 e. The zero-order chi connectivity index (χ0) is 23.8. The van der Waals surface area contributed by atoms with E-state index in [-0.39, 0.29) is 11.7 Å². The van der Waals surface area contributed by atoms with Gasteiger partial charge in [0.2, 0.25) is 0 Å². The van der Waals surface area contributed by atoms with Crippen molar-refractivity contribution >= 4 is 47.1 Å². The Bertz CT molecular complexity index is 1140. The molecule has 0 unspecified atom stereocenters. The summed E-state index contributed by atoms with van der Waals surface area (Å²) in [5.41, 5.74) is 5.77. The van der Waals surface area contributed by atoms with Crippen LogP contribution in [0.2, 0.25) is 10.0 Å². The Balaban J connectivity index is 1.58. The molecule has 0 saturated carbocycles. The zero-order valence-corrected chi connectivity index (χ0v) is 20.6. The summed E-state index contributed by atoms with van der Waals surface area (Å²) in [7, 11) is 1.52. The Labute approximate surface area is 206 Å². The summed E-state index contributed by atoms with van der Waals surface area (Å²) >= 11 is 13.6. The lowest BCUT2D eigenvalue weighted by molar-refractivity contribution is -0.118. The first kappa shape index (κ1) is 24.8. The number of hydrogen-bond acceptors (Lipinski definition) is 7. The largest absolute Gasteiger partial charge is 0.493 e. The third-order valence-corrected chi connectivity index (χ3v) is 5.63.